The quantitative estimate of drug-likeness (QED) is 0.0694. The van der Waals surface area contributed by atoms with Gasteiger partial charge in [0, 0.05) is 6.42 Å². The zero-order valence-corrected chi connectivity index (χ0v) is 23.4. The first-order valence-corrected chi connectivity index (χ1v) is 17.8. The minimum absolute atomic E-state index is 0.345. The molecule has 174 valence electrons. The molecule has 0 aromatic heterocycles. The molecule has 5 N–H and O–H groups in total. The van der Waals surface area contributed by atoms with Crippen LogP contribution in [0, 0.1) is 0 Å². The normalized spacial score (nSPS) is 9.69. The minimum atomic E-state index is -3.79. The summed E-state index contributed by atoms with van der Waals surface area (Å²) in [6, 6.07) is 0. The summed E-state index contributed by atoms with van der Waals surface area (Å²) in [4.78, 5) is 10.3. The third-order valence-corrected chi connectivity index (χ3v) is 4.52. The predicted octanol–water partition coefficient (Wildman–Crippen LogP) is 3.60. The van der Waals surface area contributed by atoms with Crippen molar-refractivity contribution in [2.45, 2.75) is 110 Å². The molecular weight excluding hydrogens is 598 g/mol. The third-order valence-electron chi connectivity index (χ3n) is 4.07. The van der Waals surface area contributed by atoms with E-state index in [1.54, 1.807) is 0 Å². The van der Waals surface area contributed by atoms with Crippen LogP contribution in [0.5, 0.6) is 0 Å². The first kappa shape index (κ1) is 34.1. The van der Waals surface area contributed by atoms with Crippen molar-refractivity contribution in [1.29, 1.82) is 0 Å². The Bertz CT molecular complexity index is 378. The van der Waals surface area contributed by atoms with Crippen molar-refractivity contribution < 1.29 is 34.9 Å². The summed E-state index contributed by atoms with van der Waals surface area (Å²) in [5.74, 6) is -0.653. The fourth-order valence-electron chi connectivity index (χ4n) is 2.65. The van der Waals surface area contributed by atoms with Gasteiger partial charge in [0.1, 0.15) is 0 Å². The van der Waals surface area contributed by atoms with Crippen LogP contribution in [0.3, 0.4) is 0 Å². The predicted molar refractivity (Wildman–Crippen MR) is 110 cm³/mol. The molecule has 0 aromatic rings. The number of carbonyl (C=O) groups is 1. The second-order valence-corrected chi connectivity index (χ2v) is 10.4. The molecule has 0 aliphatic carbocycles. The Morgan fingerprint density at radius 3 is 1.14 bits per heavy atom. The summed E-state index contributed by atoms with van der Waals surface area (Å²) in [6.45, 7) is 2.27. The molecule has 0 bridgehead atoms. The van der Waals surface area contributed by atoms with E-state index in [1.165, 1.54) is 83.5 Å². The van der Waals surface area contributed by atoms with Crippen molar-refractivity contribution in [1.82, 2.24) is 0 Å². The van der Waals surface area contributed by atoms with E-state index in [2.05, 4.69) is 10.1 Å². The number of carboxylic acid groups (broad SMARTS) is 1. The van der Waals surface area contributed by atoms with E-state index in [0.29, 0.717) is 6.42 Å². The number of unbranched alkanes of at least 4 members (excludes halogenated alkanes) is 14. The molecule has 11 heteroatoms. The van der Waals surface area contributed by atoms with Gasteiger partial charge < -0.3 is 5.11 Å². The summed E-state index contributed by atoms with van der Waals surface area (Å²) in [6.07, 6.45) is 20.2. The Kier molecular flexibility index (Phi) is 36.0. The molecule has 0 amide bonds. The van der Waals surface area contributed by atoms with E-state index in [0.717, 1.165) is 12.8 Å². The molecular formula is C18H40O9Sn2. The Morgan fingerprint density at radius 2 is 0.931 bits per heavy atom. The molecule has 0 aliphatic rings. The first-order valence-electron chi connectivity index (χ1n) is 10.5. The number of aliphatic carboxylic acids is 1. The van der Waals surface area contributed by atoms with Gasteiger partial charge in [0.2, 0.25) is 0 Å². The van der Waals surface area contributed by atoms with Crippen LogP contribution in [0.25, 0.3) is 0 Å². The Hall–Kier alpha value is 0.467. The summed E-state index contributed by atoms with van der Waals surface area (Å²) in [7, 11) is 0. The van der Waals surface area contributed by atoms with Crippen molar-refractivity contribution in [2.24, 2.45) is 0 Å². The van der Waals surface area contributed by atoms with Gasteiger partial charge in [0.25, 0.3) is 0 Å². The van der Waals surface area contributed by atoms with Crippen LogP contribution in [-0.4, -0.2) is 67.8 Å². The molecule has 0 spiro atoms. The monoisotopic (exact) mass is 640 g/mol. The zero-order chi connectivity index (χ0) is 22.8. The number of rotatable bonds is 17. The van der Waals surface area contributed by atoms with E-state index in [9.17, 15) is 7.87 Å². The van der Waals surface area contributed by atoms with Crippen molar-refractivity contribution in [2.75, 3.05) is 0 Å². The van der Waals surface area contributed by atoms with Gasteiger partial charge in [-0.15, -0.1) is 0 Å². The van der Waals surface area contributed by atoms with E-state index < -0.39 is 47.1 Å². The van der Waals surface area contributed by atoms with Gasteiger partial charge in [-0.2, -0.15) is 0 Å². The summed E-state index contributed by atoms with van der Waals surface area (Å²) >= 11 is -7.57. The summed E-state index contributed by atoms with van der Waals surface area (Å²) < 4.78 is 43.0. The first-order chi connectivity index (χ1) is 13.8. The van der Waals surface area contributed by atoms with Gasteiger partial charge in [-0.25, -0.2) is 0 Å². The molecule has 0 atom stereocenters. The van der Waals surface area contributed by atoms with Crippen LogP contribution in [0.2, 0.25) is 0 Å². The van der Waals surface area contributed by atoms with Crippen LogP contribution in [0.4, 0.5) is 0 Å². The van der Waals surface area contributed by atoms with Crippen LogP contribution in [-0.2, 0) is 14.2 Å². The molecule has 0 rings (SSSR count). The molecule has 0 radical (unpaired) electrons. The van der Waals surface area contributed by atoms with Crippen molar-refractivity contribution >= 4 is 47.1 Å². The second-order valence-electron chi connectivity index (χ2n) is 6.73. The van der Waals surface area contributed by atoms with Crippen molar-refractivity contribution in [3.63, 3.8) is 0 Å². The van der Waals surface area contributed by atoms with Gasteiger partial charge in [0.05, 0.1) is 0 Å². The number of carboxylic acids is 1. The summed E-state index contributed by atoms with van der Waals surface area (Å²) in [5.41, 5.74) is 0. The van der Waals surface area contributed by atoms with E-state index >= 15 is 0 Å². The van der Waals surface area contributed by atoms with Crippen molar-refractivity contribution in [3.05, 3.63) is 0 Å². The second kappa shape index (κ2) is 30.7. The fourth-order valence-corrected chi connectivity index (χ4v) is 2.65. The summed E-state index contributed by atoms with van der Waals surface area (Å²) in [5, 5.41) is 15.7. The van der Waals surface area contributed by atoms with Crippen LogP contribution in [0.15, 0.2) is 0 Å². The molecule has 0 heterocycles. The molecule has 9 nitrogen and oxygen atoms in total. The SMILES string of the molecule is CCCCCCCCCCCCCCCCCC(=O)O.[O]=[Sn]([OH])[OH].[O]=[Sn]([OH])[O]O. The molecule has 0 saturated heterocycles. The molecule has 0 unspecified atom stereocenters. The average Bonchev–Trinajstić information content (AvgIpc) is 2.64. The Morgan fingerprint density at radius 1 is 0.690 bits per heavy atom. The molecule has 0 saturated carbocycles. The van der Waals surface area contributed by atoms with Gasteiger partial charge >= 0.3 is 72.1 Å². The van der Waals surface area contributed by atoms with E-state index in [1.807, 2.05) is 0 Å². The van der Waals surface area contributed by atoms with Gasteiger partial charge in [-0.3, -0.25) is 4.79 Å². The molecule has 0 fully saturated rings. The van der Waals surface area contributed by atoms with E-state index in [-0.39, 0.29) is 0 Å². The maximum atomic E-state index is 10.3. The van der Waals surface area contributed by atoms with Crippen LogP contribution in [0.1, 0.15) is 110 Å². The van der Waals surface area contributed by atoms with Gasteiger partial charge in [-0.05, 0) is 6.42 Å². The molecule has 29 heavy (non-hydrogen) atoms. The number of hydrogen-bond donors (Lipinski definition) is 5. The zero-order valence-electron chi connectivity index (χ0n) is 17.7. The standard InChI is InChI=1S/C18H36O2.H2O2.3H2O.2O.2Sn/c1-2-3-4-5-6-7-8-9-10-11-12-13-14-15-16-17-18(19)20;1-2;;;;;;;/h2-17H2,1H3,(H,19,20);1-2H;3*1H2;;;;/q;;;;;;;2*+2/p-4. The van der Waals surface area contributed by atoms with Gasteiger partial charge in [0.15, 0.2) is 0 Å². The van der Waals surface area contributed by atoms with Crippen molar-refractivity contribution in [3.8, 4) is 0 Å². The topological polar surface area (TPSA) is 162 Å². The van der Waals surface area contributed by atoms with E-state index in [4.69, 9.17) is 23.8 Å². The Balaban J connectivity index is -0.000000623. The fraction of sp³-hybridized carbons (Fsp3) is 0.944. The maximum absolute atomic E-state index is 10.3. The third kappa shape index (κ3) is 52.6. The van der Waals surface area contributed by atoms with Crippen LogP contribution >= 0.6 is 0 Å². The molecule has 0 aromatic carbocycles. The van der Waals surface area contributed by atoms with Gasteiger partial charge in [-0.1, -0.05) is 96.8 Å². The average molecular weight is 638 g/mol. The van der Waals surface area contributed by atoms with Crippen LogP contribution < -0.4 is 0 Å². The molecule has 0 aliphatic heterocycles. The Labute approximate surface area is 190 Å². The number of hydrogen-bond acceptors (Lipinski definition) is 5.